The summed E-state index contributed by atoms with van der Waals surface area (Å²) in [6.07, 6.45) is 0. The number of hydrogen-bond acceptors (Lipinski definition) is 6. The molecule has 0 aliphatic rings. The zero-order valence-corrected chi connectivity index (χ0v) is 16.4. The fourth-order valence-electron chi connectivity index (χ4n) is 2.62. The summed E-state index contributed by atoms with van der Waals surface area (Å²) in [4.78, 5) is 48.4. The number of carbonyl (C=O) groups excluding carboxylic acids is 3. The van der Waals surface area contributed by atoms with Gasteiger partial charge in [0.2, 0.25) is 5.91 Å². The summed E-state index contributed by atoms with van der Waals surface area (Å²) < 4.78 is 17.5. The Morgan fingerprint density at radius 2 is 1.77 bits per heavy atom. The number of ether oxygens (including phenoxy) is 1. The van der Waals surface area contributed by atoms with Gasteiger partial charge in [0.15, 0.2) is 0 Å². The van der Waals surface area contributed by atoms with Crippen LogP contribution in [0.2, 0.25) is 0 Å². The number of carbonyl (C=O) groups is 3. The number of halogens is 1. The number of likely N-dealkylation sites (N-methyl/N-ethyl adjacent to an activating group) is 1. The summed E-state index contributed by atoms with van der Waals surface area (Å²) >= 11 is 0. The lowest BCUT2D eigenvalue weighted by atomic mass is 10.1. The standard InChI is InChI=1S/C20H20FN3O6/c1-3-23(12-18(25)22-11-13-4-6-16(21)7-5-13)19(26)14-8-15(20(27)30-2)10-17(9-14)24(28)29/h4-10H,3,11-12H2,1-2H3,(H,22,25). The molecule has 158 valence electrons. The summed E-state index contributed by atoms with van der Waals surface area (Å²) in [5, 5.41) is 13.8. The van der Waals surface area contributed by atoms with Crippen LogP contribution < -0.4 is 5.32 Å². The molecule has 0 aromatic heterocycles. The van der Waals surface area contributed by atoms with E-state index in [2.05, 4.69) is 10.1 Å². The molecule has 0 aliphatic heterocycles. The molecule has 10 heteroatoms. The third kappa shape index (κ3) is 5.84. The van der Waals surface area contributed by atoms with Gasteiger partial charge in [-0.15, -0.1) is 0 Å². The Morgan fingerprint density at radius 1 is 1.13 bits per heavy atom. The van der Waals surface area contributed by atoms with E-state index in [4.69, 9.17) is 0 Å². The minimum Gasteiger partial charge on any atom is -0.465 e. The molecule has 0 atom stereocenters. The van der Waals surface area contributed by atoms with Gasteiger partial charge in [0.05, 0.1) is 24.1 Å². The number of amides is 2. The van der Waals surface area contributed by atoms with Crippen molar-refractivity contribution in [3.63, 3.8) is 0 Å². The van der Waals surface area contributed by atoms with Gasteiger partial charge >= 0.3 is 5.97 Å². The molecule has 2 aromatic carbocycles. The minimum absolute atomic E-state index is 0.113. The average Bonchev–Trinajstić information content (AvgIpc) is 2.75. The molecule has 30 heavy (non-hydrogen) atoms. The van der Waals surface area contributed by atoms with E-state index >= 15 is 0 Å². The summed E-state index contributed by atoms with van der Waals surface area (Å²) in [5.41, 5.74) is -0.0248. The zero-order valence-electron chi connectivity index (χ0n) is 16.4. The summed E-state index contributed by atoms with van der Waals surface area (Å²) in [7, 11) is 1.12. The van der Waals surface area contributed by atoms with Crippen LogP contribution in [-0.2, 0) is 16.1 Å². The van der Waals surface area contributed by atoms with Gasteiger partial charge in [0, 0.05) is 30.8 Å². The molecule has 2 amide bonds. The van der Waals surface area contributed by atoms with Crippen molar-refractivity contribution in [1.82, 2.24) is 10.2 Å². The van der Waals surface area contributed by atoms with Gasteiger partial charge in [-0.1, -0.05) is 12.1 Å². The number of non-ortho nitro benzene ring substituents is 1. The Morgan fingerprint density at radius 3 is 2.33 bits per heavy atom. The van der Waals surface area contributed by atoms with E-state index in [9.17, 15) is 28.9 Å². The Balaban J connectivity index is 2.13. The van der Waals surface area contributed by atoms with E-state index in [1.54, 1.807) is 6.92 Å². The van der Waals surface area contributed by atoms with Crippen molar-refractivity contribution in [3.05, 3.63) is 75.1 Å². The summed E-state index contributed by atoms with van der Waals surface area (Å²) in [6.45, 7) is 1.64. The molecule has 0 heterocycles. The Bertz CT molecular complexity index is 962. The van der Waals surface area contributed by atoms with Gasteiger partial charge in [-0.25, -0.2) is 9.18 Å². The van der Waals surface area contributed by atoms with Gasteiger partial charge in [0.1, 0.15) is 5.82 Å². The van der Waals surface area contributed by atoms with Gasteiger partial charge in [-0.05, 0) is 30.7 Å². The lowest BCUT2D eigenvalue weighted by Crippen LogP contribution is -2.40. The first-order valence-electron chi connectivity index (χ1n) is 8.93. The molecule has 1 N–H and O–H groups in total. The number of hydrogen-bond donors (Lipinski definition) is 1. The first-order chi connectivity index (χ1) is 14.2. The maximum absolute atomic E-state index is 12.9. The molecular formula is C20H20FN3O6. The van der Waals surface area contributed by atoms with Crippen LogP contribution in [-0.4, -0.2) is 47.8 Å². The van der Waals surface area contributed by atoms with Crippen LogP contribution in [0.5, 0.6) is 0 Å². The molecule has 0 bridgehead atoms. The normalized spacial score (nSPS) is 10.2. The van der Waals surface area contributed by atoms with Crippen molar-refractivity contribution in [2.24, 2.45) is 0 Å². The second-order valence-corrected chi connectivity index (χ2v) is 6.24. The van der Waals surface area contributed by atoms with Crippen LogP contribution in [0.25, 0.3) is 0 Å². The SMILES string of the molecule is CCN(CC(=O)NCc1ccc(F)cc1)C(=O)c1cc(C(=O)OC)cc([N+](=O)[O-])c1. The maximum atomic E-state index is 12.9. The minimum atomic E-state index is -0.826. The van der Waals surface area contributed by atoms with Crippen LogP contribution in [0.15, 0.2) is 42.5 Å². The molecule has 0 saturated heterocycles. The molecule has 0 radical (unpaired) electrons. The van der Waals surface area contributed by atoms with Crippen LogP contribution in [0.3, 0.4) is 0 Å². The average molecular weight is 417 g/mol. The third-order valence-electron chi connectivity index (χ3n) is 4.20. The second kappa shape index (κ2) is 10.1. The third-order valence-corrected chi connectivity index (χ3v) is 4.20. The second-order valence-electron chi connectivity index (χ2n) is 6.24. The quantitative estimate of drug-likeness (QED) is 0.400. The first-order valence-corrected chi connectivity index (χ1v) is 8.93. The highest BCUT2D eigenvalue weighted by Gasteiger charge is 2.22. The van der Waals surface area contributed by atoms with Gasteiger partial charge in [0.25, 0.3) is 11.6 Å². The fraction of sp³-hybridized carbons (Fsp3) is 0.250. The molecule has 0 aliphatic carbocycles. The van der Waals surface area contributed by atoms with Crippen molar-refractivity contribution in [3.8, 4) is 0 Å². The fourth-order valence-corrected chi connectivity index (χ4v) is 2.62. The van der Waals surface area contributed by atoms with E-state index in [1.165, 1.54) is 35.2 Å². The molecule has 2 rings (SSSR count). The number of nitrogens with one attached hydrogen (secondary N) is 1. The van der Waals surface area contributed by atoms with Gasteiger partial charge in [-0.3, -0.25) is 19.7 Å². The van der Waals surface area contributed by atoms with Crippen molar-refractivity contribution in [2.75, 3.05) is 20.2 Å². The molecule has 0 saturated carbocycles. The molecule has 0 spiro atoms. The van der Waals surface area contributed by atoms with E-state index < -0.39 is 34.2 Å². The summed E-state index contributed by atoms with van der Waals surface area (Å²) in [6, 6.07) is 8.81. The van der Waals surface area contributed by atoms with Crippen LogP contribution in [0.4, 0.5) is 10.1 Å². The topological polar surface area (TPSA) is 119 Å². The van der Waals surface area contributed by atoms with E-state index in [1.807, 2.05) is 0 Å². The van der Waals surface area contributed by atoms with E-state index in [-0.39, 0.29) is 30.8 Å². The lowest BCUT2D eigenvalue weighted by molar-refractivity contribution is -0.384. The predicted molar refractivity (Wildman–Crippen MR) is 104 cm³/mol. The van der Waals surface area contributed by atoms with Gasteiger partial charge in [-0.2, -0.15) is 0 Å². The molecule has 2 aromatic rings. The largest absolute Gasteiger partial charge is 0.465 e. The Kier molecular flexibility index (Phi) is 7.56. The number of methoxy groups -OCH3 is 1. The van der Waals surface area contributed by atoms with Crippen molar-refractivity contribution >= 4 is 23.5 Å². The Labute approximate surface area is 171 Å². The Hall–Kier alpha value is -3.82. The molecule has 9 nitrogen and oxygen atoms in total. The maximum Gasteiger partial charge on any atom is 0.338 e. The highest BCUT2D eigenvalue weighted by molar-refractivity contribution is 6.00. The monoisotopic (exact) mass is 417 g/mol. The predicted octanol–water partition coefficient (Wildman–Crippen LogP) is 2.30. The number of benzene rings is 2. The van der Waals surface area contributed by atoms with Crippen LogP contribution >= 0.6 is 0 Å². The first kappa shape index (κ1) is 22.5. The number of nitro groups is 1. The van der Waals surface area contributed by atoms with Crippen molar-refractivity contribution in [2.45, 2.75) is 13.5 Å². The number of nitrogens with zero attached hydrogens (tertiary/aromatic N) is 2. The van der Waals surface area contributed by atoms with Crippen LogP contribution in [0, 0.1) is 15.9 Å². The number of nitro benzene ring substituents is 1. The van der Waals surface area contributed by atoms with Crippen molar-refractivity contribution in [1.29, 1.82) is 0 Å². The van der Waals surface area contributed by atoms with Crippen LogP contribution in [0.1, 0.15) is 33.2 Å². The van der Waals surface area contributed by atoms with E-state index in [0.717, 1.165) is 19.2 Å². The highest BCUT2D eigenvalue weighted by atomic mass is 19.1. The number of esters is 1. The summed E-state index contributed by atoms with van der Waals surface area (Å²) in [5.74, 6) is -2.33. The zero-order chi connectivity index (χ0) is 22.3. The lowest BCUT2D eigenvalue weighted by Gasteiger charge is -2.20. The molecular weight excluding hydrogens is 397 g/mol. The molecule has 0 unspecified atom stereocenters. The van der Waals surface area contributed by atoms with Crippen molar-refractivity contribution < 1.29 is 28.4 Å². The molecule has 0 fully saturated rings. The van der Waals surface area contributed by atoms with E-state index in [0.29, 0.717) is 5.56 Å². The number of rotatable bonds is 8. The van der Waals surface area contributed by atoms with Gasteiger partial charge < -0.3 is 15.0 Å². The highest BCUT2D eigenvalue weighted by Crippen LogP contribution is 2.19. The smallest absolute Gasteiger partial charge is 0.338 e.